The average molecular weight is 286 g/mol. The van der Waals surface area contributed by atoms with Crippen LogP contribution in [0.25, 0.3) is 16.9 Å². The summed E-state index contributed by atoms with van der Waals surface area (Å²) in [5.41, 5.74) is 0.498. The van der Waals surface area contributed by atoms with E-state index in [1.165, 1.54) is 47.0 Å². The Hall–Kier alpha value is -3.16. The number of rotatable bonds is 3. The van der Waals surface area contributed by atoms with Crippen LogP contribution in [0.1, 0.15) is 0 Å². The van der Waals surface area contributed by atoms with Gasteiger partial charge in [-0.25, -0.2) is 9.37 Å². The molecule has 0 fully saturated rings. The van der Waals surface area contributed by atoms with Gasteiger partial charge in [-0.15, -0.1) is 4.91 Å². The van der Waals surface area contributed by atoms with Gasteiger partial charge in [0.25, 0.3) is 5.69 Å². The molecule has 0 spiro atoms. The number of nitro benzene ring substituents is 1. The fourth-order valence-corrected chi connectivity index (χ4v) is 2.04. The third kappa shape index (κ3) is 2.02. The Bertz CT molecular complexity index is 858. The van der Waals surface area contributed by atoms with Crippen molar-refractivity contribution in [3.8, 4) is 11.3 Å². The molecule has 3 aromatic rings. The lowest BCUT2D eigenvalue weighted by Crippen LogP contribution is -1.87. The monoisotopic (exact) mass is 286 g/mol. The van der Waals surface area contributed by atoms with Gasteiger partial charge in [-0.2, -0.15) is 0 Å². The number of nitro groups is 1. The number of imidazole rings is 1. The smallest absolute Gasteiger partial charge is 0.269 e. The van der Waals surface area contributed by atoms with Gasteiger partial charge in [0.1, 0.15) is 5.69 Å². The number of non-ortho nitro benzene ring substituents is 1. The minimum absolute atomic E-state index is 0.0274. The second-order valence-corrected chi connectivity index (χ2v) is 4.23. The number of aromatic nitrogens is 2. The molecule has 0 amide bonds. The molecular weight excluding hydrogens is 279 g/mol. The minimum atomic E-state index is -0.587. The van der Waals surface area contributed by atoms with Crippen LogP contribution in [0.2, 0.25) is 0 Å². The number of fused-ring (bicyclic) bond motifs is 1. The molecule has 3 rings (SSSR count). The van der Waals surface area contributed by atoms with Crippen molar-refractivity contribution in [2.75, 3.05) is 0 Å². The Kier molecular flexibility index (Phi) is 2.90. The van der Waals surface area contributed by atoms with Crippen LogP contribution in [0.4, 0.5) is 15.9 Å². The molecule has 0 saturated heterocycles. The Morgan fingerprint density at radius 3 is 2.57 bits per heavy atom. The first-order valence-corrected chi connectivity index (χ1v) is 5.86. The van der Waals surface area contributed by atoms with Crippen molar-refractivity contribution in [2.45, 2.75) is 0 Å². The van der Waals surface area contributed by atoms with E-state index in [9.17, 15) is 19.4 Å². The number of nitroso groups, excluding NO2 is 1. The first-order valence-electron chi connectivity index (χ1n) is 5.86. The molecule has 0 aliphatic heterocycles. The van der Waals surface area contributed by atoms with E-state index in [1.54, 1.807) is 0 Å². The summed E-state index contributed by atoms with van der Waals surface area (Å²) in [4.78, 5) is 25.2. The first-order chi connectivity index (χ1) is 10.1. The van der Waals surface area contributed by atoms with Crippen LogP contribution < -0.4 is 0 Å². The van der Waals surface area contributed by atoms with E-state index in [2.05, 4.69) is 10.2 Å². The molecule has 0 unspecified atom stereocenters. The third-order valence-electron chi connectivity index (χ3n) is 3.02. The van der Waals surface area contributed by atoms with Crippen LogP contribution in [-0.4, -0.2) is 14.3 Å². The highest BCUT2D eigenvalue weighted by Gasteiger charge is 2.17. The standard InChI is InChI=1S/C13H7FN4O3/c14-10-2-1-7-17-12(10)15-11(13(17)16-19)8-3-5-9(6-4-8)18(20)21/h1-7H. The first kappa shape index (κ1) is 12.9. The number of hydrogen-bond donors (Lipinski definition) is 0. The molecular formula is C13H7FN4O3. The molecule has 0 bridgehead atoms. The lowest BCUT2D eigenvalue weighted by Gasteiger charge is -1.97. The summed E-state index contributed by atoms with van der Waals surface area (Å²) in [6.07, 6.45) is 1.47. The molecule has 0 aliphatic rings. The van der Waals surface area contributed by atoms with E-state index in [-0.39, 0.29) is 22.8 Å². The molecule has 104 valence electrons. The van der Waals surface area contributed by atoms with Crippen LogP contribution >= 0.6 is 0 Å². The van der Waals surface area contributed by atoms with E-state index in [1.807, 2.05) is 0 Å². The highest BCUT2D eigenvalue weighted by molar-refractivity contribution is 5.75. The second kappa shape index (κ2) is 4.75. The summed E-state index contributed by atoms with van der Waals surface area (Å²) in [5.74, 6) is -0.645. The Labute approximate surface area is 116 Å². The number of halogens is 1. The third-order valence-corrected chi connectivity index (χ3v) is 3.02. The molecule has 2 aromatic heterocycles. The normalized spacial score (nSPS) is 10.7. The SMILES string of the molecule is O=Nc1c(-c2ccc([N+](=O)[O-])cc2)nc2c(F)cccn12. The summed E-state index contributed by atoms with van der Waals surface area (Å²) in [7, 11) is 0. The minimum Gasteiger partial charge on any atom is -0.279 e. The lowest BCUT2D eigenvalue weighted by molar-refractivity contribution is -0.384. The Balaban J connectivity index is 2.22. The number of nitrogens with zero attached hydrogens (tertiary/aromatic N) is 4. The zero-order chi connectivity index (χ0) is 15.0. The molecule has 8 heteroatoms. The fourth-order valence-electron chi connectivity index (χ4n) is 2.04. The van der Waals surface area contributed by atoms with E-state index < -0.39 is 10.7 Å². The summed E-state index contributed by atoms with van der Waals surface area (Å²) in [6.45, 7) is 0. The molecule has 1 aromatic carbocycles. The van der Waals surface area contributed by atoms with Gasteiger partial charge in [-0.3, -0.25) is 14.5 Å². The van der Waals surface area contributed by atoms with Gasteiger partial charge in [0.05, 0.1) is 4.92 Å². The van der Waals surface area contributed by atoms with Gasteiger partial charge in [0.15, 0.2) is 11.5 Å². The van der Waals surface area contributed by atoms with Crippen molar-refractivity contribution in [1.29, 1.82) is 0 Å². The highest BCUT2D eigenvalue weighted by Crippen LogP contribution is 2.32. The van der Waals surface area contributed by atoms with Crippen molar-refractivity contribution < 1.29 is 9.31 Å². The number of pyridine rings is 1. The quantitative estimate of drug-likeness (QED) is 0.419. The van der Waals surface area contributed by atoms with Gasteiger partial charge < -0.3 is 0 Å². The lowest BCUT2D eigenvalue weighted by atomic mass is 10.1. The number of hydrogen-bond acceptors (Lipinski definition) is 5. The maximum absolute atomic E-state index is 13.7. The van der Waals surface area contributed by atoms with Crippen LogP contribution in [-0.2, 0) is 0 Å². The zero-order valence-corrected chi connectivity index (χ0v) is 10.4. The average Bonchev–Trinajstić information content (AvgIpc) is 2.87. The van der Waals surface area contributed by atoms with Crippen molar-refractivity contribution in [3.05, 3.63) is 63.4 Å². The Morgan fingerprint density at radius 1 is 1.24 bits per heavy atom. The summed E-state index contributed by atoms with van der Waals surface area (Å²) in [6, 6.07) is 8.09. The molecule has 0 radical (unpaired) electrons. The van der Waals surface area contributed by atoms with Crippen molar-refractivity contribution in [2.24, 2.45) is 5.18 Å². The van der Waals surface area contributed by atoms with E-state index in [0.29, 0.717) is 5.56 Å². The molecule has 0 atom stereocenters. The summed E-state index contributed by atoms with van der Waals surface area (Å²) in [5, 5.41) is 13.5. The Morgan fingerprint density at radius 2 is 1.95 bits per heavy atom. The van der Waals surface area contributed by atoms with Crippen LogP contribution in [0.3, 0.4) is 0 Å². The number of benzene rings is 1. The summed E-state index contributed by atoms with van der Waals surface area (Å²) < 4.78 is 14.9. The van der Waals surface area contributed by atoms with Crippen LogP contribution in [0, 0.1) is 20.8 Å². The van der Waals surface area contributed by atoms with E-state index >= 15 is 0 Å². The van der Waals surface area contributed by atoms with Crippen molar-refractivity contribution in [1.82, 2.24) is 9.38 Å². The molecule has 0 saturated carbocycles. The summed E-state index contributed by atoms with van der Waals surface area (Å²) >= 11 is 0. The predicted octanol–water partition coefficient (Wildman–Crippen LogP) is 3.45. The van der Waals surface area contributed by atoms with Crippen molar-refractivity contribution in [3.63, 3.8) is 0 Å². The molecule has 2 heterocycles. The van der Waals surface area contributed by atoms with Gasteiger partial charge in [-0.05, 0) is 29.4 Å². The molecule has 0 aliphatic carbocycles. The predicted molar refractivity (Wildman–Crippen MR) is 72.7 cm³/mol. The molecule has 0 N–H and O–H groups in total. The second-order valence-electron chi connectivity index (χ2n) is 4.23. The van der Waals surface area contributed by atoms with Gasteiger partial charge in [0.2, 0.25) is 5.82 Å². The fraction of sp³-hybridized carbons (Fsp3) is 0. The maximum atomic E-state index is 13.7. The maximum Gasteiger partial charge on any atom is 0.269 e. The molecule has 7 nitrogen and oxygen atoms in total. The highest BCUT2D eigenvalue weighted by atomic mass is 19.1. The van der Waals surface area contributed by atoms with Crippen LogP contribution in [0.5, 0.6) is 0 Å². The van der Waals surface area contributed by atoms with Crippen LogP contribution in [0.15, 0.2) is 47.8 Å². The van der Waals surface area contributed by atoms with Crippen molar-refractivity contribution >= 4 is 17.2 Å². The van der Waals surface area contributed by atoms with Gasteiger partial charge in [-0.1, -0.05) is 0 Å². The molecule has 21 heavy (non-hydrogen) atoms. The van der Waals surface area contributed by atoms with E-state index in [4.69, 9.17) is 0 Å². The van der Waals surface area contributed by atoms with Gasteiger partial charge >= 0.3 is 0 Å². The largest absolute Gasteiger partial charge is 0.279 e. The topological polar surface area (TPSA) is 89.9 Å². The van der Waals surface area contributed by atoms with E-state index in [0.717, 1.165) is 0 Å². The van der Waals surface area contributed by atoms with Gasteiger partial charge in [0, 0.05) is 23.9 Å². The zero-order valence-electron chi connectivity index (χ0n) is 10.4.